The van der Waals surface area contributed by atoms with Crippen molar-refractivity contribution in [1.29, 1.82) is 0 Å². The van der Waals surface area contributed by atoms with Gasteiger partial charge in [0.1, 0.15) is 18.3 Å². The molecule has 0 radical (unpaired) electrons. The molecule has 74 valence electrons. The van der Waals surface area contributed by atoms with Crippen LogP contribution in [0.25, 0.3) is 0 Å². The molecular weight excluding hydrogens is 179 g/mol. The lowest BCUT2D eigenvalue weighted by molar-refractivity contribution is -0.120. The van der Waals surface area contributed by atoms with Crippen molar-refractivity contribution in [1.82, 2.24) is 0 Å². The van der Waals surface area contributed by atoms with Crippen LogP contribution in [0.1, 0.15) is 0 Å². The molecule has 0 aliphatic carbocycles. The van der Waals surface area contributed by atoms with Crippen molar-refractivity contribution in [2.75, 3.05) is 0 Å². The molecule has 1 rings (SSSR count). The highest BCUT2D eigenvalue weighted by atomic mass is 16.6. The molecule has 6 nitrogen and oxygen atoms in total. The maximum atomic E-state index is 9.19. The summed E-state index contributed by atoms with van der Waals surface area (Å²) in [6, 6.07) is 0. The molecular formula is C6H11BO6. The standard InChI is InChI=1S/C6H11BO6/c8-4-3(1-2-7(11)12)13-6(10)5(4)9/h1-6,8-12H/b2-1+. The van der Waals surface area contributed by atoms with Gasteiger partial charge < -0.3 is 30.1 Å². The zero-order valence-corrected chi connectivity index (χ0v) is 6.69. The second-order valence-electron chi connectivity index (χ2n) is 2.77. The summed E-state index contributed by atoms with van der Waals surface area (Å²) < 4.78 is 4.68. The molecule has 0 aromatic rings. The fourth-order valence-electron chi connectivity index (χ4n) is 1.05. The van der Waals surface area contributed by atoms with Gasteiger partial charge in [-0.15, -0.1) is 0 Å². The maximum absolute atomic E-state index is 9.19. The van der Waals surface area contributed by atoms with Crippen LogP contribution >= 0.6 is 0 Å². The van der Waals surface area contributed by atoms with E-state index in [-0.39, 0.29) is 0 Å². The Kier molecular flexibility index (Phi) is 3.43. The van der Waals surface area contributed by atoms with E-state index in [0.717, 1.165) is 12.1 Å². The zero-order chi connectivity index (χ0) is 10.0. The average molecular weight is 190 g/mol. The van der Waals surface area contributed by atoms with Gasteiger partial charge in [0.25, 0.3) is 0 Å². The normalized spacial score (nSPS) is 40.1. The van der Waals surface area contributed by atoms with Crippen molar-refractivity contribution in [2.45, 2.75) is 24.6 Å². The first-order chi connectivity index (χ1) is 6.02. The van der Waals surface area contributed by atoms with E-state index in [9.17, 15) is 5.11 Å². The fraction of sp³-hybridized carbons (Fsp3) is 0.667. The van der Waals surface area contributed by atoms with Crippen LogP contribution < -0.4 is 0 Å². The highest BCUT2D eigenvalue weighted by Crippen LogP contribution is 2.20. The van der Waals surface area contributed by atoms with Gasteiger partial charge in [-0.2, -0.15) is 0 Å². The summed E-state index contributed by atoms with van der Waals surface area (Å²) in [4.78, 5) is 0. The van der Waals surface area contributed by atoms with Crippen molar-refractivity contribution in [3.8, 4) is 0 Å². The fourth-order valence-corrected chi connectivity index (χ4v) is 1.05. The van der Waals surface area contributed by atoms with E-state index < -0.39 is 31.7 Å². The number of aliphatic hydroxyl groups is 3. The summed E-state index contributed by atoms with van der Waals surface area (Å²) in [5, 5.41) is 44.0. The Balaban J connectivity index is 2.53. The van der Waals surface area contributed by atoms with E-state index in [1.54, 1.807) is 0 Å². The SMILES string of the molecule is OB(O)/C=C/C1OC(O)C(O)C1O. The Morgan fingerprint density at radius 2 is 1.69 bits per heavy atom. The van der Waals surface area contributed by atoms with E-state index in [4.69, 9.17) is 20.3 Å². The highest BCUT2D eigenvalue weighted by molar-refractivity contribution is 6.47. The van der Waals surface area contributed by atoms with Gasteiger partial charge in [0.05, 0.1) is 0 Å². The van der Waals surface area contributed by atoms with Crippen LogP contribution in [0.3, 0.4) is 0 Å². The van der Waals surface area contributed by atoms with Crippen molar-refractivity contribution >= 4 is 7.12 Å². The molecule has 7 heteroatoms. The Labute approximate surface area is 74.8 Å². The molecule has 0 spiro atoms. The molecule has 1 aliphatic rings. The third kappa shape index (κ3) is 2.50. The van der Waals surface area contributed by atoms with Gasteiger partial charge in [-0.25, -0.2) is 0 Å². The number of hydrogen-bond donors (Lipinski definition) is 5. The van der Waals surface area contributed by atoms with Crippen LogP contribution in [0.4, 0.5) is 0 Å². The van der Waals surface area contributed by atoms with Gasteiger partial charge in [0.2, 0.25) is 0 Å². The average Bonchev–Trinajstić information content (AvgIpc) is 2.29. The van der Waals surface area contributed by atoms with Gasteiger partial charge in [-0.05, 0) is 0 Å². The summed E-state index contributed by atoms with van der Waals surface area (Å²) in [5.41, 5.74) is 0. The molecule has 1 fully saturated rings. The van der Waals surface area contributed by atoms with Crippen molar-refractivity contribution in [3.05, 3.63) is 12.1 Å². The minimum Gasteiger partial charge on any atom is -0.424 e. The monoisotopic (exact) mass is 190 g/mol. The summed E-state index contributed by atoms with van der Waals surface area (Å²) in [7, 11) is -1.65. The lowest BCUT2D eigenvalue weighted by Crippen LogP contribution is -2.31. The van der Waals surface area contributed by atoms with Gasteiger partial charge in [0, 0.05) is 0 Å². The number of rotatable bonds is 2. The molecule has 1 heterocycles. The van der Waals surface area contributed by atoms with E-state index >= 15 is 0 Å². The minimum atomic E-state index is -1.65. The van der Waals surface area contributed by atoms with Crippen LogP contribution in [0.2, 0.25) is 0 Å². The van der Waals surface area contributed by atoms with Crippen LogP contribution in [-0.2, 0) is 4.74 Å². The Morgan fingerprint density at radius 3 is 2.08 bits per heavy atom. The van der Waals surface area contributed by atoms with Crippen LogP contribution in [0, 0.1) is 0 Å². The largest absolute Gasteiger partial charge is 0.480 e. The summed E-state index contributed by atoms with van der Waals surface area (Å²) >= 11 is 0. The maximum Gasteiger partial charge on any atom is 0.480 e. The number of aliphatic hydroxyl groups excluding tert-OH is 3. The van der Waals surface area contributed by atoms with Gasteiger partial charge in [-0.1, -0.05) is 12.1 Å². The van der Waals surface area contributed by atoms with E-state index in [2.05, 4.69) is 4.74 Å². The van der Waals surface area contributed by atoms with E-state index in [0.29, 0.717) is 0 Å². The molecule has 5 N–H and O–H groups in total. The van der Waals surface area contributed by atoms with Gasteiger partial charge in [0.15, 0.2) is 6.29 Å². The Morgan fingerprint density at radius 1 is 1.08 bits per heavy atom. The smallest absolute Gasteiger partial charge is 0.424 e. The zero-order valence-electron chi connectivity index (χ0n) is 6.69. The van der Waals surface area contributed by atoms with Crippen LogP contribution in [0.15, 0.2) is 12.1 Å². The van der Waals surface area contributed by atoms with E-state index in [1.165, 1.54) is 0 Å². The summed E-state index contributed by atoms with van der Waals surface area (Å²) in [5.74, 6) is 0.971. The molecule has 0 saturated carbocycles. The molecule has 0 amide bonds. The third-order valence-corrected chi connectivity index (χ3v) is 1.75. The lowest BCUT2D eigenvalue weighted by Gasteiger charge is -2.09. The molecule has 13 heavy (non-hydrogen) atoms. The predicted molar refractivity (Wildman–Crippen MR) is 42.2 cm³/mol. The first-order valence-electron chi connectivity index (χ1n) is 3.76. The second kappa shape index (κ2) is 4.18. The number of hydrogen-bond acceptors (Lipinski definition) is 6. The Hall–Kier alpha value is -0.435. The number of ether oxygens (including phenoxy) is 1. The van der Waals surface area contributed by atoms with Gasteiger partial charge in [-0.3, -0.25) is 0 Å². The van der Waals surface area contributed by atoms with Crippen LogP contribution in [-0.4, -0.2) is 57.1 Å². The van der Waals surface area contributed by atoms with Gasteiger partial charge >= 0.3 is 7.12 Å². The minimum absolute atomic E-state index is 0.924. The molecule has 4 unspecified atom stereocenters. The summed E-state index contributed by atoms with van der Waals surface area (Å²) in [6.07, 6.45) is -3.84. The highest BCUT2D eigenvalue weighted by Gasteiger charge is 2.40. The Bertz CT molecular complexity index is 196. The summed E-state index contributed by atoms with van der Waals surface area (Å²) in [6.45, 7) is 0. The van der Waals surface area contributed by atoms with Crippen LogP contribution in [0.5, 0.6) is 0 Å². The predicted octanol–water partition coefficient (Wildman–Crippen LogP) is -3.01. The quantitative estimate of drug-likeness (QED) is 0.296. The molecule has 0 aromatic carbocycles. The van der Waals surface area contributed by atoms with Crippen molar-refractivity contribution in [2.24, 2.45) is 0 Å². The van der Waals surface area contributed by atoms with Crippen molar-refractivity contribution < 1.29 is 30.1 Å². The topological polar surface area (TPSA) is 110 Å². The molecule has 0 aromatic heterocycles. The molecule has 4 atom stereocenters. The first-order valence-corrected chi connectivity index (χ1v) is 3.76. The first kappa shape index (κ1) is 10.6. The molecule has 1 aliphatic heterocycles. The second-order valence-corrected chi connectivity index (χ2v) is 2.77. The third-order valence-electron chi connectivity index (χ3n) is 1.75. The lowest BCUT2D eigenvalue weighted by atomic mass is 9.90. The molecule has 0 bridgehead atoms. The van der Waals surface area contributed by atoms with Crippen molar-refractivity contribution in [3.63, 3.8) is 0 Å². The molecule has 1 saturated heterocycles. The van der Waals surface area contributed by atoms with E-state index in [1.807, 2.05) is 0 Å².